The number of carbonyl (C=O) groups excluding carboxylic acids is 1. The summed E-state index contributed by atoms with van der Waals surface area (Å²) >= 11 is 0. The van der Waals surface area contributed by atoms with E-state index in [-0.39, 0.29) is 0 Å². The van der Waals surface area contributed by atoms with Crippen molar-refractivity contribution in [1.82, 2.24) is 0 Å². The molecule has 132 valence electrons. The maximum atomic E-state index is 11.6. The van der Waals surface area contributed by atoms with Crippen LogP contribution in [0, 0.1) is 0 Å². The Morgan fingerprint density at radius 1 is 0.870 bits per heavy atom. The molecule has 2 N–H and O–H groups in total. The summed E-state index contributed by atoms with van der Waals surface area (Å²) in [5.74, 6) is -0.0367. The van der Waals surface area contributed by atoms with E-state index in [4.69, 9.17) is 10.2 Å². The lowest BCUT2D eigenvalue weighted by molar-refractivity contribution is 0.0972. The van der Waals surface area contributed by atoms with Gasteiger partial charge in [-0.05, 0) is 31.2 Å². The molecule has 0 bridgehead atoms. The highest BCUT2D eigenvalue weighted by molar-refractivity contribution is 5.91. The van der Waals surface area contributed by atoms with E-state index in [1.807, 2.05) is 0 Å². The van der Waals surface area contributed by atoms with E-state index in [1.165, 1.54) is 69.8 Å². The fourth-order valence-corrected chi connectivity index (χ4v) is 3.11. The van der Waals surface area contributed by atoms with Crippen LogP contribution < -0.4 is 5.73 Å². The van der Waals surface area contributed by atoms with Crippen molar-refractivity contribution in [1.29, 1.82) is 0 Å². The van der Waals surface area contributed by atoms with Gasteiger partial charge in [-0.2, -0.15) is 0 Å². The molecule has 1 rings (SSSR count). The Kier molecular flexibility index (Phi) is 10.5. The average Bonchev–Trinajstić information content (AvgIpc) is 2.94. The van der Waals surface area contributed by atoms with Crippen molar-refractivity contribution < 1.29 is 9.21 Å². The highest BCUT2D eigenvalue weighted by Crippen LogP contribution is 2.22. The second kappa shape index (κ2) is 12.2. The Hall–Kier alpha value is -1.25. The predicted molar refractivity (Wildman–Crippen MR) is 96.8 cm³/mol. The molecule has 1 aromatic rings. The lowest BCUT2D eigenvalue weighted by atomic mass is 9.98. The minimum atomic E-state index is -0.428. The predicted octanol–water partition coefficient (Wildman–Crippen LogP) is 5.79. The summed E-state index contributed by atoms with van der Waals surface area (Å²) in [5.41, 5.74) is 7.73. The number of unbranched alkanes of at least 4 members (excludes halogenated alkanes) is 9. The normalized spacial score (nSPS) is 11.0. The van der Waals surface area contributed by atoms with Gasteiger partial charge in [0, 0.05) is 5.56 Å². The molecule has 0 fully saturated rings. The van der Waals surface area contributed by atoms with Crippen molar-refractivity contribution in [2.75, 3.05) is 0 Å². The van der Waals surface area contributed by atoms with Crippen LogP contribution in [0.5, 0.6) is 0 Å². The largest absolute Gasteiger partial charge is 0.459 e. The van der Waals surface area contributed by atoms with Crippen LogP contribution >= 0.6 is 0 Å². The third kappa shape index (κ3) is 7.71. The van der Waals surface area contributed by atoms with E-state index in [9.17, 15) is 4.79 Å². The van der Waals surface area contributed by atoms with Crippen molar-refractivity contribution >= 4 is 5.91 Å². The van der Waals surface area contributed by atoms with E-state index in [1.54, 1.807) is 6.26 Å². The van der Waals surface area contributed by atoms with Gasteiger partial charge in [0.05, 0.1) is 6.26 Å². The lowest BCUT2D eigenvalue weighted by Crippen LogP contribution is -2.12. The zero-order chi connectivity index (χ0) is 16.9. The molecule has 23 heavy (non-hydrogen) atoms. The standard InChI is InChI=1S/C20H35NO2/c1-3-5-7-9-11-13-15-18-17(14-12-10-8-6-4-2)16-23-19(18)20(21)22/h16H,3-15H2,1-2H3,(H2,21,22). The first-order valence-corrected chi connectivity index (χ1v) is 9.59. The summed E-state index contributed by atoms with van der Waals surface area (Å²) in [7, 11) is 0. The van der Waals surface area contributed by atoms with E-state index in [0.717, 1.165) is 24.8 Å². The lowest BCUT2D eigenvalue weighted by Gasteiger charge is -2.05. The minimum Gasteiger partial charge on any atom is -0.459 e. The highest BCUT2D eigenvalue weighted by atomic mass is 16.3. The maximum absolute atomic E-state index is 11.6. The van der Waals surface area contributed by atoms with Crippen LogP contribution in [-0.2, 0) is 12.8 Å². The van der Waals surface area contributed by atoms with E-state index in [0.29, 0.717) is 5.76 Å². The Morgan fingerprint density at radius 2 is 1.39 bits per heavy atom. The molecule has 0 unspecified atom stereocenters. The van der Waals surface area contributed by atoms with Gasteiger partial charge in [0.25, 0.3) is 5.91 Å². The summed E-state index contributed by atoms with van der Waals surface area (Å²) in [6.45, 7) is 4.46. The van der Waals surface area contributed by atoms with E-state index in [2.05, 4.69) is 13.8 Å². The SMILES string of the molecule is CCCCCCCCc1c(CCCCCCC)coc1C(N)=O. The van der Waals surface area contributed by atoms with Crippen LogP contribution in [0.2, 0.25) is 0 Å². The second-order valence-corrected chi connectivity index (χ2v) is 6.61. The molecule has 0 aliphatic rings. The van der Waals surface area contributed by atoms with Crippen molar-refractivity contribution in [2.24, 2.45) is 5.73 Å². The van der Waals surface area contributed by atoms with Crippen LogP contribution in [0.15, 0.2) is 10.7 Å². The smallest absolute Gasteiger partial charge is 0.284 e. The zero-order valence-electron chi connectivity index (χ0n) is 15.2. The number of furan rings is 1. The second-order valence-electron chi connectivity index (χ2n) is 6.61. The zero-order valence-corrected chi connectivity index (χ0v) is 15.2. The Bertz CT molecular complexity index is 437. The van der Waals surface area contributed by atoms with Crippen molar-refractivity contribution in [3.05, 3.63) is 23.2 Å². The van der Waals surface area contributed by atoms with Gasteiger partial charge in [0.15, 0.2) is 5.76 Å². The van der Waals surface area contributed by atoms with Crippen molar-refractivity contribution in [3.8, 4) is 0 Å². The fraction of sp³-hybridized carbons (Fsp3) is 0.750. The fourth-order valence-electron chi connectivity index (χ4n) is 3.11. The topological polar surface area (TPSA) is 56.2 Å². The molecule has 0 radical (unpaired) electrons. The molecule has 0 aliphatic heterocycles. The first-order valence-electron chi connectivity index (χ1n) is 9.59. The van der Waals surface area contributed by atoms with Gasteiger partial charge >= 0.3 is 0 Å². The van der Waals surface area contributed by atoms with E-state index >= 15 is 0 Å². The van der Waals surface area contributed by atoms with Crippen LogP contribution in [-0.4, -0.2) is 5.91 Å². The third-order valence-corrected chi connectivity index (χ3v) is 4.53. The van der Waals surface area contributed by atoms with Crippen LogP contribution in [0.25, 0.3) is 0 Å². The first-order chi connectivity index (χ1) is 11.2. The monoisotopic (exact) mass is 321 g/mol. The summed E-state index contributed by atoms with van der Waals surface area (Å²) in [6.07, 6.45) is 17.5. The minimum absolute atomic E-state index is 0.391. The van der Waals surface area contributed by atoms with Gasteiger partial charge in [0.1, 0.15) is 0 Å². The number of primary amides is 1. The molecule has 1 amide bonds. The Morgan fingerprint density at radius 3 is 1.96 bits per heavy atom. The molecule has 0 saturated carbocycles. The van der Waals surface area contributed by atoms with Crippen molar-refractivity contribution in [2.45, 2.75) is 97.3 Å². The van der Waals surface area contributed by atoms with Crippen LogP contribution in [0.3, 0.4) is 0 Å². The summed E-state index contributed by atoms with van der Waals surface area (Å²) in [6, 6.07) is 0. The first kappa shape index (κ1) is 19.8. The number of amides is 1. The summed E-state index contributed by atoms with van der Waals surface area (Å²) in [5, 5.41) is 0. The van der Waals surface area contributed by atoms with Gasteiger partial charge in [-0.25, -0.2) is 0 Å². The molecule has 0 aromatic carbocycles. The van der Waals surface area contributed by atoms with Crippen LogP contribution in [0.1, 0.15) is 106 Å². The molecule has 0 spiro atoms. The number of hydrogen-bond donors (Lipinski definition) is 1. The molecule has 3 nitrogen and oxygen atoms in total. The van der Waals surface area contributed by atoms with Gasteiger partial charge < -0.3 is 10.2 Å². The quantitative estimate of drug-likeness (QED) is 0.441. The Labute approximate surface area is 142 Å². The molecular formula is C20H35NO2. The number of carbonyl (C=O) groups is 1. The summed E-state index contributed by atoms with van der Waals surface area (Å²) in [4.78, 5) is 11.6. The van der Waals surface area contributed by atoms with Gasteiger partial charge in [-0.15, -0.1) is 0 Å². The number of rotatable bonds is 14. The average molecular weight is 322 g/mol. The van der Waals surface area contributed by atoms with E-state index < -0.39 is 5.91 Å². The van der Waals surface area contributed by atoms with Gasteiger partial charge in [-0.1, -0.05) is 71.6 Å². The molecule has 0 aliphatic carbocycles. The highest BCUT2D eigenvalue weighted by Gasteiger charge is 2.17. The molecule has 0 atom stereocenters. The number of aryl methyl sites for hydroxylation is 1. The molecular weight excluding hydrogens is 286 g/mol. The maximum Gasteiger partial charge on any atom is 0.284 e. The molecule has 1 heterocycles. The van der Waals surface area contributed by atoms with Gasteiger partial charge in [-0.3, -0.25) is 4.79 Å². The third-order valence-electron chi connectivity index (χ3n) is 4.53. The Balaban J connectivity index is 2.46. The van der Waals surface area contributed by atoms with Crippen LogP contribution in [0.4, 0.5) is 0 Å². The number of hydrogen-bond acceptors (Lipinski definition) is 2. The number of nitrogens with two attached hydrogens (primary N) is 1. The van der Waals surface area contributed by atoms with Crippen molar-refractivity contribution in [3.63, 3.8) is 0 Å². The molecule has 3 heteroatoms. The molecule has 1 aromatic heterocycles. The molecule has 0 saturated heterocycles. The summed E-state index contributed by atoms with van der Waals surface area (Å²) < 4.78 is 5.46. The van der Waals surface area contributed by atoms with Gasteiger partial charge in [0.2, 0.25) is 0 Å².